The predicted molar refractivity (Wildman–Crippen MR) is 120 cm³/mol. The Labute approximate surface area is 176 Å². The van der Waals surface area contributed by atoms with Crippen LogP contribution in [0.3, 0.4) is 0 Å². The SMILES string of the molecule is CCNC(=NCc1cccc2cccnc12)NCCc1cccc(F)c1.I. The summed E-state index contributed by atoms with van der Waals surface area (Å²) in [6.07, 6.45) is 2.54. The van der Waals surface area contributed by atoms with Crippen molar-refractivity contribution >= 4 is 40.8 Å². The standard InChI is InChI=1S/C21H23FN4.HI/c1-2-23-21(25-13-11-16-6-3-10-19(22)14-16)26-15-18-8-4-7-17-9-5-12-24-20(17)18;/h3-10,12,14H,2,11,13,15H2,1H3,(H2,23,25,26);1H. The summed E-state index contributed by atoms with van der Waals surface area (Å²) in [5.41, 5.74) is 3.03. The average Bonchev–Trinajstić information content (AvgIpc) is 2.66. The molecule has 0 bridgehead atoms. The van der Waals surface area contributed by atoms with Crippen LogP contribution < -0.4 is 10.6 Å². The van der Waals surface area contributed by atoms with Crippen LogP contribution in [-0.2, 0) is 13.0 Å². The van der Waals surface area contributed by atoms with Gasteiger partial charge in [-0.1, -0.05) is 36.4 Å². The highest BCUT2D eigenvalue weighted by Crippen LogP contribution is 2.16. The van der Waals surface area contributed by atoms with Crippen molar-refractivity contribution in [3.8, 4) is 0 Å². The van der Waals surface area contributed by atoms with Crippen LogP contribution >= 0.6 is 24.0 Å². The van der Waals surface area contributed by atoms with Crippen LogP contribution in [0.1, 0.15) is 18.1 Å². The number of nitrogens with one attached hydrogen (secondary N) is 2. The third kappa shape index (κ3) is 6.16. The lowest BCUT2D eigenvalue weighted by atomic mass is 10.1. The molecular formula is C21H24FIN4. The number of aromatic nitrogens is 1. The van der Waals surface area contributed by atoms with Crippen LogP contribution in [0.2, 0.25) is 0 Å². The molecule has 2 aromatic carbocycles. The number of aliphatic imine (C=N–C) groups is 1. The van der Waals surface area contributed by atoms with Crippen LogP contribution in [0, 0.1) is 5.82 Å². The fraction of sp³-hybridized carbons (Fsp3) is 0.238. The maximum atomic E-state index is 13.2. The number of fused-ring (bicyclic) bond motifs is 1. The molecule has 2 N–H and O–H groups in total. The smallest absolute Gasteiger partial charge is 0.191 e. The fourth-order valence-corrected chi connectivity index (χ4v) is 2.82. The van der Waals surface area contributed by atoms with Gasteiger partial charge in [-0.25, -0.2) is 9.38 Å². The third-order valence-corrected chi connectivity index (χ3v) is 4.06. The number of hydrogen-bond donors (Lipinski definition) is 2. The van der Waals surface area contributed by atoms with E-state index in [1.54, 1.807) is 18.3 Å². The Morgan fingerprint density at radius 1 is 1.07 bits per heavy atom. The van der Waals surface area contributed by atoms with Crippen molar-refractivity contribution in [2.75, 3.05) is 13.1 Å². The van der Waals surface area contributed by atoms with E-state index in [2.05, 4.69) is 38.8 Å². The van der Waals surface area contributed by atoms with Gasteiger partial charge in [0.15, 0.2) is 5.96 Å². The van der Waals surface area contributed by atoms with Crippen LogP contribution in [-0.4, -0.2) is 24.0 Å². The molecule has 0 aliphatic heterocycles. The molecule has 0 amide bonds. The molecule has 0 saturated carbocycles. The van der Waals surface area contributed by atoms with Crippen molar-refractivity contribution in [1.29, 1.82) is 0 Å². The molecule has 0 aliphatic carbocycles. The van der Waals surface area contributed by atoms with E-state index in [1.807, 2.05) is 25.1 Å². The molecular weight excluding hydrogens is 454 g/mol. The van der Waals surface area contributed by atoms with Crippen molar-refractivity contribution in [1.82, 2.24) is 15.6 Å². The Bertz CT molecular complexity index is 893. The normalized spacial score (nSPS) is 11.1. The van der Waals surface area contributed by atoms with E-state index >= 15 is 0 Å². The number of pyridine rings is 1. The van der Waals surface area contributed by atoms with Gasteiger partial charge < -0.3 is 10.6 Å². The number of guanidine groups is 1. The van der Waals surface area contributed by atoms with Gasteiger partial charge in [0.25, 0.3) is 0 Å². The Morgan fingerprint density at radius 3 is 2.70 bits per heavy atom. The summed E-state index contributed by atoms with van der Waals surface area (Å²) in [4.78, 5) is 9.13. The van der Waals surface area contributed by atoms with E-state index in [1.165, 1.54) is 6.07 Å². The van der Waals surface area contributed by atoms with Crippen LogP contribution in [0.25, 0.3) is 10.9 Å². The Balaban J connectivity index is 0.00000261. The minimum atomic E-state index is -0.202. The molecule has 4 nitrogen and oxygen atoms in total. The van der Waals surface area contributed by atoms with Gasteiger partial charge in [0.1, 0.15) is 5.82 Å². The van der Waals surface area contributed by atoms with Gasteiger partial charge in [0, 0.05) is 24.7 Å². The first-order valence-corrected chi connectivity index (χ1v) is 8.85. The molecule has 1 heterocycles. The molecule has 3 rings (SSSR count). The first kappa shape index (κ1) is 21.1. The maximum Gasteiger partial charge on any atom is 0.191 e. The molecule has 0 fully saturated rings. The zero-order valence-corrected chi connectivity index (χ0v) is 17.6. The van der Waals surface area contributed by atoms with Crippen molar-refractivity contribution in [3.05, 3.63) is 77.7 Å². The van der Waals surface area contributed by atoms with Gasteiger partial charge in [0.2, 0.25) is 0 Å². The number of nitrogens with zero attached hydrogens (tertiary/aromatic N) is 2. The highest BCUT2D eigenvalue weighted by Gasteiger charge is 2.03. The Kier molecular flexibility index (Phi) is 8.44. The largest absolute Gasteiger partial charge is 0.357 e. The summed E-state index contributed by atoms with van der Waals surface area (Å²) in [7, 11) is 0. The summed E-state index contributed by atoms with van der Waals surface area (Å²) in [6, 6.07) is 16.8. The number of halogens is 2. The topological polar surface area (TPSA) is 49.3 Å². The Morgan fingerprint density at radius 2 is 1.89 bits per heavy atom. The van der Waals surface area contributed by atoms with E-state index < -0.39 is 0 Å². The van der Waals surface area contributed by atoms with Crippen LogP contribution in [0.5, 0.6) is 0 Å². The quantitative estimate of drug-likeness (QED) is 0.316. The highest BCUT2D eigenvalue weighted by atomic mass is 127. The number of rotatable bonds is 6. The van der Waals surface area contributed by atoms with E-state index in [9.17, 15) is 4.39 Å². The van der Waals surface area contributed by atoms with Gasteiger partial charge in [-0.2, -0.15) is 0 Å². The van der Waals surface area contributed by atoms with Gasteiger partial charge in [0.05, 0.1) is 12.1 Å². The molecule has 0 saturated heterocycles. The van der Waals surface area contributed by atoms with E-state index in [0.29, 0.717) is 13.1 Å². The fourth-order valence-electron chi connectivity index (χ4n) is 2.82. The average molecular weight is 478 g/mol. The minimum Gasteiger partial charge on any atom is -0.357 e. The molecule has 0 spiro atoms. The van der Waals surface area contributed by atoms with Gasteiger partial charge in [-0.3, -0.25) is 4.98 Å². The molecule has 6 heteroatoms. The molecule has 0 atom stereocenters. The van der Waals surface area contributed by atoms with E-state index in [0.717, 1.165) is 41.0 Å². The second-order valence-corrected chi connectivity index (χ2v) is 5.99. The molecule has 1 aromatic heterocycles. The Hall–Kier alpha value is -2.22. The van der Waals surface area contributed by atoms with Gasteiger partial charge in [-0.05, 0) is 42.7 Å². The van der Waals surface area contributed by atoms with Crippen LogP contribution in [0.15, 0.2) is 65.8 Å². The van der Waals surface area contributed by atoms with Crippen LogP contribution in [0.4, 0.5) is 4.39 Å². The maximum absolute atomic E-state index is 13.2. The third-order valence-electron chi connectivity index (χ3n) is 4.06. The lowest BCUT2D eigenvalue weighted by Crippen LogP contribution is -2.38. The second-order valence-electron chi connectivity index (χ2n) is 5.99. The second kappa shape index (κ2) is 10.8. The van der Waals surface area contributed by atoms with Gasteiger partial charge in [-0.15, -0.1) is 24.0 Å². The monoisotopic (exact) mass is 478 g/mol. The summed E-state index contributed by atoms with van der Waals surface area (Å²) in [5.74, 6) is 0.545. The summed E-state index contributed by atoms with van der Waals surface area (Å²) < 4.78 is 13.2. The first-order valence-electron chi connectivity index (χ1n) is 8.85. The lowest BCUT2D eigenvalue weighted by molar-refractivity contribution is 0.625. The number of para-hydroxylation sites is 1. The molecule has 0 radical (unpaired) electrons. The van der Waals surface area contributed by atoms with Crippen molar-refractivity contribution in [3.63, 3.8) is 0 Å². The van der Waals surface area contributed by atoms with Crippen molar-refractivity contribution in [2.45, 2.75) is 19.9 Å². The lowest BCUT2D eigenvalue weighted by Gasteiger charge is -2.12. The summed E-state index contributed by atoms with van der Waals surface area (Å²) >= 11 is 0. The molecule has 27 heavy (non-hydrogen) atoms. The number of benzene rings is 2. The van der Waals surface area contributed by atoms with E-state index in [-0.39, 0.29) is 29.8 Å². The highest BCUT2D eigenvalue weighted by molar-refractivity contribution is 14.0. The summed E-state index contributed by atoms with van der Waals surface area (Å²) in [5, 5.41) is 7.66. The summed E-state index contributed by atoms with van der Waals surface area (Å²) in [6.45, 7) is 4.04. The van der Waals surface area contributed by atoms with E-state index in [4.69, 9.17) is 0 Å². The zero-order chi connectivity index (χ0) is 18.2. The molecule has 3 aromatic rings. The molecule has 0 aliphatic rings. The predicted octanol–water partition coefficient (Wildman–Crippen LogP) is 4.29. The minimum absolute atomic E-state index is 0. The molecule has 0 unspecified atom stereocenters. The zero-order valence-electron chi connectivity index (χ0n) is 15.3. The molecule has 142 valence electrons. The van der Waals surface area contributed by atoms with Crippen molar-refractivity contribution in [2.24, 2.45) is 4.99 Å². The van der Waals surface area contributed by atoms with Gasteiger partial charge >= 0.3 is 0 Å². The first-order chi connectivity index (χ1) is 12.8. The van der Waals surface area contributed by atoms with Crippen molar-refractivity contribution < 1.29 is 4.39 Å². The number of hydrogen-bond acceptors (Lipinski definition) is 2.